The van der Waals surface area contributed by atoms with Gasteiger partial charge in [-0.2, -0.15) is 0 Å². The molecule has 0 aliphatic carbocycles. The number of aryl methyl sites for hydroxylation is 1. The number of nitrogens with one attached hydrogen (secondary N) is 2. The number of aromatic nitrogens is 1. The summed E-state index contributed by atoms with van der Waals surface area (Å²) in [6, 6.07) is 5.97. The summed E-state index contributed by atoms with van der Waals surface area (Å²) in [6.07, 6.45) is 0. The minimum absolute atomic E-state index is 0.0911. The van der Waals surface area contributed by atoms with E-state index in [0.717, 1.165) is 4.31 Å². The first kappa shape index (κ1) is 18.7. The molecule has 0 saturated carbocycles. The van der Waals surface area contributed by atoms with Crippen molar-refractivity contribution in [3.05, 3.63) is 30.0 Å². The molecule has 1 aromatic heterocycles. The van der Waals surface area contributed by atoms with E-state index in [1.165, 1.54) is 39.4 Å². The molecule has 2 N–H and O–H groups in total. The van der Waals surface area contributed by atoms with Crippen LogP contribution < -0.4 is 15.4 Å². The van der Waals surface area contributed by atoms with Crippen molar-refractivity contribution in [2.24, 2.45) is 0 Å². The molecule has 9 nitrogen and oxygen atoms in total. The summed E-state index contributed by atoms with van der Waals surface area (Å²) in [5.74, 6) is 0.936. The average Bonchev–Trinajstić information content (AvgIpc) is 2.97. The van der Waals surface area contributed by atoms with E-state index in [4.69, 9.17) is 9.26 Å². The highest BCUT2D eigenvalue weighted by Crippen LogP contribution is 2.28. The van der Waals surface area contributed by atoms with Gasteiger partial charge in [0.2, 0.25) is 15.9 Å². The van der Waals surface area contributed by atoms with E-state index in [0.29, 0.717) is 23.0 Å². The van der Waals surface area contributed by atoms with Crippen molar-refractivity contribution in [2.45, 2.75) is 11.8 Å². The van der Waals surface area contributed by atoms with Crippen molar-refractivity contribution in [3.63, 3.8) is 0 Å². The Morgan fingerprint density at radius 1 is 1.32 bits per heavy atom. The van der Waals surface area contributed by atoms with Crippen molar-refractivity contribution in [3.8, 4) is 5.75 Å². The number of carbonyl (C=O) groups is 1. The third-order valence-electron chi connectivity index (χ3n) is 3.28. The van der Waals surface area contributed by atoms with Crippen molar-refractivity contribution in [1.29, 1.82) is 0 Å². The number of anilines is 2. The highest BCUT2D eigenvalue weighted by Gasteiger charge is 2.19. The Morgan fingerprint density at radius 2 is 2.04 bits per heavy atom. The highest BCUT2D eigenvalue weighted by molar-refractivity contribution is 7.89. The zero-order valence-electron chi connectivity index (χ0n) is 14.4. The molecule has 0 aliphatic rings. The van der Waals surface area contributed by atoms with Crippen molar-refractivity contribution >= 4 is 27.4 Å². The van der Waals surface area contributed by atoms with Crippen LogP contribution in [0.3, 0.4) is 0 Å². The minimum atomic E-state index is -3.59. The molecule has 0 atom stereocenters. The predicted molar refractivity (Wildman–Crippen MR) is 92.2 cm³/mol. The number of rotatable bonds is 7. The topological polar surface area (TPSA) is 114 Å². The summed E-state index contributed by atoms with van der Waals surface area (Å²) in [4.78, 5) is 12.1. The van der Waals surface area contributed by atoms with Gasteiger partial charge in [-0.05, 0) is 25.1 Å². The lowest BCUT2D eigenvalue weighted by Gasteiger charge is -2.15. The first-order valence-electron chi connectivity index (χ1n) is 7.31. The van der Waals surface area contributed by atoms with E-state index in [1.807, 2.05) is 0 Å². The van der Waals surface area contributed by atoms with E-state index >= 15 is 0 Å². The molecule has 0 bridgehead atoms. The summed E-state index contributed by atoms with van der Waals surface area (Å²) in [7, 11) is 0.752. The molecule has 10 heteroatoms. The second-order valence-corrected chi connectivity index (χ2v) is 7.53. The fraction of sp³-hybridized carbons (Fsp3) is 0.333. The molecule has 25 heavy (non-hydrogen) atoms. The second-order valence-electron chi connectivity index (χ2n) is 5.37. The molecule has 1 aromatic carbocycles. The van der Waals surface area contributed by atoms with E-state index in [1.54, 1.807) is 13.0 Å². The summed E-state index contributed by atoms with van der Waals surface area (Å²) in [5.41, 5.74) is 0.386. The molecule has 1 heterocycles. The number of amides is 1. The number of carbonyl (C=O) groups excluding carboxylic acids is 1. The van der Waals surface area contributed by atoms with Crippen LogP contribution in [0.5, 0.6) is 5.75 Å². The lowest BCUT2D eigenvalue weighted by Crippen LogP contribution is -2.23. The van der Waals surface area contributed by atoms with Crippen LogP contribution in [-0.2, 0) is 14.8 Å². The van der Waals surface area contributed by atoms with Gasteiger partial charge >= 0.3 is 0 Å². The quantitative estimate of drug-likeness (QED) is 0.757. The van der Waals surface area contributed by atoms with Gasteiger partial charge in [0, 0.05) is 20.2 Å². The van der Waals surface area contributed by atoms with Crippen molar-refractivity contribution in [1.82, 2.24) is 9.46 Å². The van der Waals surface area contributed by atoms with Gasteiger partial charge < -0.3 is 19.9 Å². The van der Waals surface area contributed by atoms with Gasteiger partial charge in [-0.25, -0.2) is 12.7 Å². The molecule has 0 aliphatic heterocycles. The maximum atomic E-state index is 12.2. The smallest absolute Gasteiger partial charge is 0.244 e. The van der Waals surface area contributed by atoms with Crippen LogP contribution in [0.1, 0.15) is 5.76 Å². The Morgan fingerprint density at radius 3 is 2.60 bits per heavy atom. The van der Waals surface area contributed by atoms with Crippen LogP contribution >= 0.6 is 0 Å². The lowest BCUT2D eigenvalue weighted by molar-refractivity contribution is -0.114. The molecule has 0 saturated heterocycles. The Bertz CT molecular complexity index is 861. The third kappa shape index (κ3) is 4.48. The normalized spacial score (nSPS) is 11.4. The Hall–Kier alpha value is -2.59. The summed E-state index contributed by atoms with van der Waals surface area (Å²) in [6.45, 7) is 1.61. The average molecular weight is 368 g/mol. The molecule has 136 valence electrons. The first-order valence-corrected chi connectivity index (χ1v) is 8.75. The number of sulfonamides is 1. The van der Waals surface area contributed by atoms with Crippen LogP contribution in [0.2, 0.25) is 0 Å². The first-order chi connectivity index (χ1) is 11.7. The van der Waals surface area contributed by atoms with Gasteiger partial charge in [0.15, 0.2) is 5.82 Å². The molecule has 0 fully saturated rings. The van der Waals surface area contributed by atoms with Crippen LogP contribution in [0.4, 0.5) is 11.5 Å². The molecule has 0 unspecified atom stereocenters. The molecule has 0 radical (unpaired) electrons. The van der Waals surface area contributed by atoms with Gasteiger partial charge in [-0.15, -0.1) is 0 Å². The summed E-state index contributed by atoms with van der Waals surface area (Å²) < 4.78 is 35.6. The number of methoxy groups -OCH3 is 1. The predicted octanol–water partition coefficient (Wildman–Crippen LogP) is 1.29. The molecule has 0 spiro atoms. The Kier molecular flexibility index (Phi) is 5.65. The second kappa shape index (κ2) is 7.53. The zero-order chi connectivity index (χ0) is 18.6. The van der Waals surface area contributed by atoms with Crippen LogP contribution in [-0.4, -0.2) is 51.5 Å². The number of benzene rings is 1. The maximum Gasteiger partial charge on any atom is 0.244 e. The van der Waals surface area contributed by atoms with Crippen molar-refractivity contribution < 1.29 is 22.5 Å². The van der Waals surface area contributed by atoms with E-state index in [2.05, 4.69) is 15.8 Å². The Balaban J connectivity index is 2.13. The van der Waals surface area contributed by atoms with E-state index in [-0.39, 0.29) is 17.3 Å². The van der Waals surface area contributed by atoms with Gasteiger partial charge in [0.1, 0.15) is 11.5 Å². The minimum Gasteiger partial charge on any atom is -0.495 e. The molecule has 2 rings (SSSR count). The largest absolute Gasteiger partial charge is 0.495 e. The van der Waals surface area contributed by atoms with E-state index in [9.17, 15) is 13.2 Å². The molecular formula is C15H20N4O5S. The summed E-state index contributed by atoms with van der Waals surface area (Å²) in [5, 5.41) is 9.09. The number of hydrogen-bond donors (Lipinski definition) is 2. The zero-order valence-corrected chi connectivity index (χ0v) is 15.2. The maximum absolute atomic E-state index is 12.2. The fourth-order valence-corrected chi connectivity index (χ4v) is 2.91. The SMILES string of the molecule is COc1ccc(S(=O)(=O)N(C)C)cc1NCC(=O)Nc1cc(C)on1. The Labute approximate surface area is 146 Å². The van der Waals surface area contributed by atoms with Crippen LogP contribution in [0.15, 0.2) is 33.7 Å². The number of nitrogens with zero attached hydrogens (tertiary/aromatic N) is 2. The third-order valence-corrected chi connectivity index (χ3v) is 5.10. The lowest BCUT2D eigenvalue weighted by atomic mass is 10.3. The molecular weight excluding hydrogens is 348 g/mol. The molecule has 1 amide bonds. The van der Waals surface area contributed by atoms with Gasteiger partial charge in [-0.1, -0.05) is 5.16 Å². The van der Waals surface area contributed by atoms with Gasteiger partial charge in [0.25, 0.3) is 0 Å². The van der Waals surface area contributed by atoms with Gasteiger partial charge in [0.05, 0.1) is 24.2 Å². The number of hydrogen-bond acceptors (Lipinski definition) is 7. The highest BCUT2D eigenvalue weighted by atomic mass is 32.2. The fourth-order valence-electron chi connectivity index (χ4n) is 1.98. The van der Waals surface area contributed by atoms with Crippen LogP contribution in [0.25, 0.3) is 0 Å². The van der Waals surface area contributed by atoms with Crippen molar-refractivity contribution in [2.75, 3.05) is 38.4 Å². The van der Waals surface area contributed by atoms with Crippen LogP contribution in [0, 0.1) is 6.92 Å². The number of ether oxygens (including phenoxy) is 1. The standard InChI is InChI=1S/C15H20N4O5S/c1-10-7-14(18-24-10)17-15(20)9-16-12-8-11(5-6-13(12)23-4)25(21,22)19(2)3/h5-8,16H,9H2,1-4H3,(H,17,18,20). The summed E-state index contributed by atoms with van der Waals surface area (Å²) >= 11 is 0. The molecule has 2 aromatic rings. The van der Waals surface area contributed by atoms with Gasteiger partial charge in [-0.3, -0.25) is 4.79 Å². The monoisotopic (exact) mass is 368 g/mol. The van der Waals surface area contributed by atoms with E-state index < -0.39 is 10.0 Å².